The molecule has 0 aromatic heterocycles. The van der Waals surface area contributed by atoms with Crippen molar-refractivity contribution in [1.29, 1.82) is 0 Å². The molecule has 0 N–H and O–H groups in total. The Bertz CT molecular complexity index is 3340. The largest absolute Gasteiger partial charge is 0.0654 e. The van der Waals surface area contributed by atoms with Gasteiger partial charge in [0.15, 0.2) is 0 Å². The topological polar surface area (TPSA) is 0 Å². The zero-order valence-corrected chi connectivity index (χ0v) is 38.9. The van der Waals surface area contributed by atoms with Gasteiger partial charge < -0.3 is 0 Å². The molecule has 0 aliphatic heterocycles. The van der Waals surface area contributed by atoms with E-state index in [2.05, 4.69) is 211 Å². The van der Waals surface area contributed by atoms with Crippen molar-refractivity contribution in [1.82, 2.24) is 0 Å². The van der Waals surface area contributed by atoms with Gasteiger partial charge in [-0.15, -0.1) is 0 Å². The zero-order chi connectivity index (χ0) is 44.2. The highest BCUT2D eigenvalue weighted by atomic mass is 14.5. The van der Waals surface area contributed by atoms with Gasteiger partial charge in [0.25, 0.3) is 0 Å². The number of hydrogen-bond donors (Lipinski definition) is 0. The van der Waals surface area contributed by atoms with E-state index in [1.165, 1.54) is 160 Å². The molecular formula is C65H58. The summed E-state index contributed by atoms with van der Waals surface area (Å²) in [5, 5.41) is 5.26. The molecule has 0 saturated carbocycles. The van der Waals surface area contributed by atoms with Crippen molar-refractivity contribution < 1.29 is 0 Å². The maximum absolute atomic E-state index is 2.61. The van der Waals surface area contributed by atoms with E-state index < -0.39 is 0 Å². The second-order valence-corrected chi connectivity index (χ2v) is 20.5. The Labute approximate surface area is 386 Å². The monoisotopic (exact) mass is 838 g/mol. The van der Waals surface area contributed by atoms with E-state index in [4.69, 9.17) is 0 Å². The van der Waals surface area contributed by atoms with Crippen molar-refractivity contribution in [3.8, 4) is 66.8 Å². The Kier molecular flexibility index (Phi) is 9.10. The Morgan fingerprint density at radius 2 is 0.631 bits per heavy atom. The molecule has 0 fully saturated rings. The average molecular weight is 839 g/mol. The molecule has 0 heterocycles. The number of fused-ring (bicyclic) bond motifs is 11. The standard InChI is InChI=1S/C65H58/c1-7-9-35-65(36-10-8-2)56-26-18-16-20-46(56)50-34-30-44(40-60(50)65)62-53-23-13-11-21-51(53)61(52-22-12-14-24-54(52)62)43-29-33-49-48-32-28-42(38-58(48)64(5,6)59(49)39-43)41-27-31-47-45-19-15-17-25-55(45)63(3,4)57(47)37-41/h11-34,37-40H,7-10,35-36H2,1-6H3. The fourth-order valence-electron chi connectivity index (χ4n) is 12.9. The van der Waals surface area contributed by atoms with Gasteiger partial charge in [-0.1, -0.05) is 213 Å². The van der Waals surface area contributed by atoms with E-state index in [-0.39, 0.29) is 16.2 Å². The highest BCUT2D eigenvalue weighted by Gasteiger charge is 2.43. The summed E-state index contributed by atoms with van der Waals surface area (Å²) >= 11 is 0. The quantitative estimate of drug-likeness (QED) is 0.127. The van der Waals surface area contributed by atoms with Crippen molar-refractivity contribution >= 4 is 21.5 Å². The summed E-state index contributed by atoms with van der Waals surface area (Å²) in [6.07, 6.45) is 7.26. The van der Waals surface area contributed by atoms with E-state index in [0.29, 0.717) is 0 Å². The van der Waals surface area contributed by atoms with Crippen molar-refractivity contribution in [2.24, 2.45) is 0 Å². The van der Waals surface area contributed by atoms with Gasteiger partial charge in [-0.2, -0.15) is 0 Å². The third kappa shape index (κ3) is 5.75. The van der Waals surface area contributed by atoms with Crippen molar-refractivity contribution in [2.45, 2.75) is 96.3 Å². The van der Waals surface area contributed by atoms with Crippen LogP contribution in [0.2, 0.25) is 0 Å². The first kappa shape index (κ1) is 40.0. The lowest BCUT2D eigenvalue weighted by Gasteiger charge is -2.33. The average Bonchev–Trinajstić information content (AvgIpc) is 3.84. The number of hydrogen-bond acceptors (Lipinski definition) is 0. The fourth-order valence-corrected chi connectivity index (χ4v) is 12.9. The van der Waals surface area contributed by atoms with E-state index >= 15 is 0 Å². The maximum Gasteiger partial charge on any atom is 0.0215 e. The van der Waals surface area contributed by atoms with Crippen LogP contribution in [-0.4, -0.2) is 0 Å². The normalized spacial score (nSPS) is 15.4. The molecule has 0 heteroatoms. The van der Waals surface area contributed by atoms with E-state index in [0.717, 1.165) is 0 Å². The third-order valence-electron chi connectivity index (χ3n) is 16.3. The molecule has 0 spiro atoms. The molecular weight excluding hydrogens is 781 g/mol. The highest BCUT2D eigenvalue weighted by Crippen LogP contribution is 2.57. The number of rotatable bonds is 9. The van der Waals surface area contributed by atoms with Gasteiger partial charge in [-0.25, -0.2) is 0 Å². The first-order chi connectivity index (χ1) is 31.7. The van der Waals surface area contributed by atoms with Crippen molar-refractivity contribution in [3.05, 3.63) is 203 Å². The molecule has 0 amide bonds. The van der Waals surface area contributed by atoms with Crippen LogP contribution < -0.4 is 0 Å². The molecule has 65 heavy (non-hydrogen) atoms. The van der Waals surface area contributed by atoms with Crippen LogP contribution >= 0.6 is 0 Å². The minimum Gasteiger partial charge on any atom is -0.0654 e. The van der Waals surface area contributed by atoms with Crippen LogP contribution in [0.1, 0.15) is 113 Å². The Morgan fingerprint density at radius 1 is 0.308 bits per heavy atom. The molecule has 0 unspecified atom stereocenters. The molecule has 12 rings (SSSR count). The molecule has 318 valence electrons. The lowest BCUT2D eigenvalue weighted by molar-refractivity contribution is 0.414. The maximum atomic E-state index is 2.61. The summed E-state index contributed by atoms with van der Waals surface area (Å²) in [5.41, 5.74) is 24.7. The minimum atomic E-state index is -0.168. The van der Waals surface area contributed by atoms with E-state index in [1.54, 1.807) is 0 Å². The Hall–Kier alpha value is -6.50. The van der Waals surface area contributed by atoms with Crippen molar-refractivity contribution in [2.75, 3.05) is 0 Å². The third-order valence-corrected chi connectivity index (χ3v) is 16.3. The van der Waals surface area contributed by atoms with Gasteiger partial charge in [0.1, 0.15) is 0 Å². The summed E-state index contributed by atoms with van der Waals surface area (Å²) in [7, 11) is 0. The van der Waals surface area contributed by atoms with Gasteiger partial charge in [0, 0.05) is 16.2 Å². The number of unbranched alkanes of at least 4 members (excludes halogenated alkanes) is 2. The molecule has 9 aromatic rings. The summed E-state index contributed by atoms with van der Waals surface area (Å²) in [4.78, 5) is 0. The molecule has 0 atom stereocenters. The summed E-state index contributed by atoms with van der Waals surface area (Å²) in [6, 6.07) is 65.9. The lowest BCUT2D eigenvalue weighted by Crippen LogP contribution is -2.25. The molecule has 0 saturated heterocycles. The van der Waals surface area contributed by atoms with Crippen molar-refractivity contribution in [3.63, 3.8) is 0 Å². The highest BCUT2D eigenvalue weighted by molar-refractivity contribution is 6.21. The minimum absolute atomic E-state index is 0.0285. The summed E-state index contributed by atoms with van der Waals surface area (Å²) in [5.74, 6) is 0. The van der Waals surface area contributed by atoms with Gasteiger partial charge in [-0.05, 0) is 159 Å². The SMILES string of the molecule is CCCCC1(CCCC)c2ccccc2-c2ccc(-c3c4ccccc4c(-c4ccc5c(c4)C(C)(C)c4cc(-c6ccc7c(c6)C(C)(C)c6ccccc6-7)ccc4-5)c4ccccc34)cc21. The summed E-state index contributed by atoms with van der Waals surface area (Å²) < 4.78 is 0. The smallest absolute Gasteiger partial charge is 0.0215 e. The number of benzene rings is 9. The van der Waals surface area contributed by atoms with Gasteiger partial charge in [0.2, 0.25) is 0 Å². The van der Waals surface area contributed by atoms with Crippen LogP contribution in [0.25, 0.3) is 88.3 Å². The van der Waals surface area contributed by atoms with Crippen LogP contribution in [0.5, 0.6) is 0 Å². The van der Waals surface area contributed by atoms with Gasteiger partial charge in [0.05, 0.1) is 0 Å². The van der Waals surface area contributed by atoms with Gasteiger partial charge >= 0.3 is 0 Å². The Morgan fingerprint density at radius 3 is 1.09 bits per heavy atom. The molecule has 9 aromatic carbocycles. The van der Waals surface area contributed by atoms with Gasteiger partial charge in [-0.3, -0.25) is 0 Å². The van der Waals surface area contributed by atoms with Crippen LogP contribution in [0, 0.1) is 0 Å². The van der Waals surface area contributed by atoms with Crippen LogP contribution in [-0.2, 0) is 16.2 Å². The summed E-state index contributed by atoms with van der Waals surface area (Å²) in [6.45, 7) is 14.3. The first-order valence-electron chi connectivity index (χ1n) is 24.4. The van der Waals surface area contributed by atoms with Crippen LogP contribution in [0.15, 0.2) is 170 Å². The predicted octanol–water partition coefficient (Wildman–Crippen LogP) is 18.3. The zero-order valence-electron chi connectivity index (χ0n) is 38.9. The molecule has 0 nitrogen and oxygen atoms in total. The first-order valence-corrected chi connectivity index (χ1v) is 24.4. The van der Waals surface area contributed by atoms with Crippen LogP contribution in [0.3, 0.4) is 0 Å². The molecule has 3 aliphatic rings. The second kappa shape index (κ2) is 14.8. The van der Waals surface area contributed by atoms with E-state index in [9.17, 15) is 0 Å². The van der Waals surface area contributed by atoms with E-state index in [1.807, 2.05) is 0 Å². The Balaban J connectivity index is 0.977. The second-order valence-electron chi connectivity index (χ2n) is 20.5. The lowest BCUT2D eigenvalue weighted by atomic mass is 9.70. The molecule has 3 aliphatic carbocycles. The fraction of sp³-hybridized carbons (Fsp3) is 0.231. The molecule has 0 bridgehead atoms. The predicted molar refractivity (Wildman–Crippen MR) is 278 cm³/mol. The van der Waals surface area contributed by atoms with Crippen LogP contribution in [0.4, 0.5) is 0 Å². The molecule has 0 radical (unpaired) electrons.